The van der Waals surface area contributed by atoms with Crippen LogP contribution in [-0.2, 0) is 76.6 Å². The zero-order chi connectivity index (χ0) is 71.7. The molecule has 0 spiro atoms. The van der Waals surface area contributed by atoms with Crippen LogP contribution in [0.3, 0.4) is 0 Å². The molecule has 2 saturated heterocycles. The van der Waals surface area contributed by atoms with Gasteiger partial charge in [-0.3, -0.25) is 57.5 Å². The normalized spacial score (nSPS) is 23.5. The van der Waals surface area contributed by atoms with E-state index in [9.17, 15) is 70.7 Å². The first-order chi connectivity index (χ1) is 44.3. The van der Waals surface area contributed by atoms with Gasteiger partial charge in [-0.15, -0.1) is 0 Å². The van der Waals surface area contributed by atoms with Crippen molar-refractivity contribution in [3.05, 3.63) is 69.7 Å². The van der Waals surface area contributed by atoms with Gasteiger partial charge in [0.2, 0.25) is 70.9 Å². The molecule has 95 heavy (non-hydrogen) atoms. The van der Waals surface area contributed by atoms with Crippen LogP contribution < -0.4 is 16.0 Å². The summed E-state index contributed by atoms with van der Waals surface area (Å²) >= 11 is 6.08. The standard InChI is InChI=1S/C67H100ClF3N12O12/c1-17-43(7)58-65(94)78(12)38-56(87)76(10)39-57(88)80(14)51(35-45-25-23-42(6)24-26-45)64(93)77(11)37-53(84)73-48(30-28-44-27-29-46(47(68)34-44)67(69,70)71)62(91)83-32-20-21-49(83)60(89)72-31-19-18-22-54(85)82(16)59(41(4)5)66(95)81(15)52(63(92)75(8)9)36-55(86)79(13)50(33-40(2)3)61(90)74-58/h23-27,29,34,40-41,43,48-52,58-59H,17-22,28,30-33,35-39H2,1-16H3,(H,72,89)(H,73,84)(H,74,90)/t43-,48-,49-,50-,51-,52-,58-,59-/m0/s1. The third-order valence-electron chi connectivity index (χ3n) is 17.9. The smallest absolute Gasteiger partial charge is 0.354 e. The van der Waals surface area contributed by atoms with Crippen molar-refractivity contribution in [3.63, 3.8) is 0 Å². The molecule has 28 heteroatoms. The number of rotatable bonds is 11. The van der Waals surface area contributed by atoms with Gasteiger partial charge in [-0.2, -0.15) is 13.2 Å². The third kappa shape index (κ3) is 22.1. The van der Waals surface area contributed by atoms with Gasteiger partial charge in [0.05, 0.1) is 36.6 Å². The predicted molar refractivity (Wildman–Crippen MR) is 351 cm³/mol. The molecular formula is C67H100ClF3N12O12. The molecule has 2 aliphatic heterocycles. The maximum absolute atomic E-state index is 14.7. The Morgan fingerprint density at radius 2 is 1.26 bits per heavy atom. The first-order valence-corrected chi connectivity index (χ1v) is 32.8. The summed E-state index contributed by atoms with van der Waals surface area (Å²) in [4.78, 5) is 183. The summed E-state index contributed by atoms with van der Waals surface area (Å²) in [6.07, 6.45) is -4.00. The number of benzene rings is 2. The Balaban J connectivity index is 1.77. The first kappa shape index (κ1) is 79.6. The van der Waals surface area contributed by atoms with Gasteiger partial charge in [-0.1, -0.05) is 95.5 Å². The highest BCUT2D eigenvalue weighted by atomic mass is 35.5. The molecule has 0 unspecified atom stereocenters. The van der Waals surface area contributed by atoms with E-state index >= 15 is 0 Å². The minimum absolute atomic E-state index is 0.0503. The lowest BCUT2D eigenvalue weighted by Crippen LogP contribution is -2.59. The quantitative estimate of drug-likeness (QED) is 0.288. The van der Waals surface area contributed by atoms with E-state index < -0.39 is 168 Å². The van der Waals surface area contributed by atoms with Crippen molar-refractivity contribution in [2.75, 3.05) is 96.2 Å². The number of nitrogens with one attached hydrogen (secondary N) is 3. The number of halogens is 4. The molecule has 0 saturated carbocycles. The van der Waals surface area contributed by atoms with Crippen LogP contribution in [0.2, 0.25) is 5.02 Å². The van der Waals surface area contributed by atoms with Crippen LogP contribution in [0.1, 0.15) is 122 Å². The minimum Gasteiger partial charge on any atom is -0.354 e. The Morgan fingerprint density at radius 1 is 0.663 bits per heavy atom. The van der Waals surface area contributed by atoms with E-state index in [0.717, 1.165) is 42.2 Å². The Morgan fingerprint density at radius 3 is 1.84 bits per heavy atom. The van der Waals surface area contributed by atoms with Crippen molar-refractivity contribution in [2.45, 2.75) is 168 Å². The van der Waals surface area contributed by atoms with Crippen LogP contribution in [-0.4, -0.2) is 253 Å². The van der Waals surface area contributed by atoms with Gasteiger partial charge in [-0.05, 0) is 92.9 Å². The van der Waals surface area contributed by atoms with Crippen LogP contribution in [0.5, 0.6) is 0 Å². The van der Waals surface area contributed by atoms with Crippen LogP contribution in [0.4, 0.5) is 13.2 Å². The lowest BCUT2D eigenvalue weighted by Gasteiger charge is -2.38. The summed E-state index contributed by atoms with van der Waals surface area (Å²) < 4.78 is 41.1. The molecule has 3 N–H and O–H groups in total. The largest absolute Gasteiger partial charge is 0.417 e. The summed E-state index contributed by atoms with van der Waals surface area (Å²) in [5.41, 5.74) is 0.784. The fourth-order valence-corrected chi connectivity index (χ4v) is 12.0. The SMILES string of the molecule is CC[C@H](C)[C@@H]1NC(=O)[C@H](CC(C)C)N(C)C(=O)C[C@@H](C(=O)N(C)C)N(C)C(=O)[C@H](C(C)C)N(C)C(=O)CCCCNC(=O)[C@@H]2CCCN2C(=O)[C@H](CCc2ccc(C(F)(F)F)c(Cl)c2)NC(=O)CN(C)C(=O)[C@H](Cc2ccc(C)cc2)N(C)C(=O)CN(C)C(=O)CN(C)C1=O. The number of alkyl halides is 3. The van der Waals surface area contributed by atoms with E-state index in [1.54, 1.807) is 39.8 Å². The summed E-state index contributed by atoms with van der Waals surface area (Å²) in [6.45, 7) is 10.9. The number of nitrogens with zero attached hydrogens (tertiary/aromatic N) is 9. The molecule has 0 aliphatic carbocycles. The molecule has 2 heterocycles. The maximum Gasteiger partial charge on any atom is 0.417 e. The number of likely N-dealkylation sites (N-methyl/N-ethyl adjacent to an activating group) is 8. The van der Waals surface area contributed by atoms with Gasteiger partial charge in [-0.25, -0.2) is 0 Å². The molecule has 12 amide bonds. The fourth-order valence-electron chi connectivity index (χ4n) is 11.7. The van der Waals surface area contributed by atoms with E-state index in [2.05, 4.69) is 16.0 Å². The number of carbonyl (C=O) groups excluding carboxylic acids is 12. The van der Waals surface area contributed by atoms with Crippen LogP contribution in [0, 0.1) is 24.7 Å². The highest BCUT2D eigenvalue weighted by Gasteiger charge is 2.43. The van der Waals surface area contributed by atoms with Crippen LogP contribution >= 0.6 is 11.6 Å². The Bertz CT molecular complexity index is 3080. The lowest BCUT2D eigenvalue weighted by atomic mass is 9.95. The van der Waals surface area contributed by atoms with E-state index in [0.29, 0.717) is 24.0 Å². The molecule has 0 bridgehead atoms. The monoisotopic (exact) mass is 1360 g/mol. The Labute approximate surface area is 562 Å². The van der Waals surface area contributed by atoms with Gasteiger partial charge in [0.1, 0.15) is 42.3 Å². The summed E-state index contributed by atoms with van der Waals surface area (Å²) in [6, 6.07) is 1.73. The first-order valence-electron chi connectivity index (χ1n) is 32.4. The second-order valence-corrected chi connectivity index (χ2v) is 26.8. The second kappa shape index (κ2) is 35.8. The van der Waals surface area contributed by atoms with Gasteiger partial charge in [0, 0.05) is 89.4 Å². The third-order valence-corrected chi connectivity index (χ3v) is 18.2. The van der Waals surface area contributed by atoms with Gasteiger partial charge in [0.15, 0.2) is 0 Å². The number of amides is 12. The van der Waals surface area contributed by atoms with Crippen LogP contribution in [0.15, 0.2) is 42.5 Å². The zero-order valence-corrected chi connectivity index (χ0v) is 58.8. The predicted octanol–water partition coefficient (Wildman–Crippen LogP) is 4.01. The number of hydrogen-bond acceptors (Lipinski definition) is 12. The second-order valence-electron chi connectivity index (χ2n) is 26.4. The van der Waals surface area contributed by atoms with Crippen LogP contribution in [0.25, 0.3) is 0 Å². The minimum atomic E-state index is -4.75. The van der Waals surface area contributed by atoms with Gasteiger partial charge < -0.3 is 60.0 Å². The summed E-state index contributed by atoms with van der Waals surface area (Å²) in [5.74, 6) is -9.01. The van der Waals surface area contributed by atoms with Gasteiger partial charge in [0.25, 0.3) is 0 Å². The zero-order valence-electron chi connectivity index (χ0n) is 58.1. The molecule has 2 aromatic rings. The van der Waals surface area contributed by atoms with E-state index in [1.165, 1.54) is 89.1 Å². The highest BCUT2D eigenvalue weighted by molar-refractivity contribution is 6.31. The number of aryl methyl sites for hydroxylation is 2. The molecule has 0 radical (unpaired) electrons. The number of fused-ring (bicyclic) bond motifs is 1. The Hall–Kier alpha value is -7.84. The summed E-state index contributed by atoms with van der Waals surface area (Å²) in [5, 5.41) is 7.81. The molecule has 2 aliphatic rings. The number of carbonyl (C=O) groups is 12. The molecule has 4 rings (SSSR count). The average Bonchev–Trinajstić information content (AvgIpc) is 1.55. The van der Waals surface area contributed by atoms with Crippen molar-refractivity contribution in [1.29, 1.82) is 0 Å². The number of hydrogen-bond donors (Lipinski definition) is 3. The fraction of sp³-hybridized carbons (Fsp3) is 0.642. The average molecular weight is 1360 g/mol. The molecule has 24 nitrogen and oxygen atoms in total. The van der Waals surface area contributed by atoms with Gasteiger partial charge >= 0.3 is 6.18 Å². The molecule has 0 aromatic heterocycles. The van der Waals surface area contributed by atoms with Crippen molar-refractivity contribution >= 4 is 82.5 Å². The highest BCUT2D eigenvalue weighted by Crippen LogP contribution is 2.35. The maximum atomic E-state index is 14.7. The lowest BCUT2D eigenvalue weighted by molar-refractivity contribution is -0.153. The van der Waals surface area contributed by atoms with Crippen molar-refractivity contribution in [2.24, 2.45) is 17.8 Å². The molecule has 528 valence electrons. The Kier molecular flexibility index (Phi) is 30.0. The van der Waals surface area contributed by atoms with Crippen molar-refractivity contribution < 1.29 is 70.7 Å². The summed E-state index contributed by atoms with van der Waals surface area (Å²) in [7, 11) is 12.5. The van der Waals surface area contributed by atoms with E-state index in [4.69, 9.17) is 11.6 Å². The van der Waals surface area contributed by atoms with E-state index in [1.807, 2.05) is 32.9 Å². The molecule has 8 atom stereocenters. The van der Waals surface area contributed by atoms with Crippen molar-refractivity contribution in [1.82, 2.24) is 60.0 Å². The van der Waals surface area contributed by atoms with E-state index in [-0.39, 0.29) is 70.4 Å². The van der Waals surface area contributed by atoms with Crippen molar-refractivity contribution in [3.8, 4) is 0 Å². The topological polar surface area (TPSA) is 270 Å². The molecule has 2 aromatic carbocycles. The molecule has 2 fully saturated rings. The molecular weight excluding hydrogens is 1260 g/mol.